The van der Waals surface area contributed by atoms with Crippen molar-refractivity contribution in [2.45, 2.75) is 19.3 Å². The second-order valence-electron chi connectivity index (χ2n) is 2.74. The molecule has 2 rings (SSSR count). The number of hydrogen-bond donors (Lipinski definition) is 0. The third kappa shape index (κ3) is 0.824. The second kappa shape index (κ2) is 2.01. The Balaban J connectivity index is 2.16. The molecule has 0 bridgehead atoms. The van der Waals surface area contributed by atoms with Crippen LogP contribution in [-0.4, -0.2) is 30.4 Å². The molecule has 0 N–H and O–H groups in total. The quantitative estimate of drug-likeness (QED) is 0.451. The first-order chi connectivity index (χ1) is 4.47. The van der Waals surface area contributed by atoms with Gasteiger partial charge in [-0.25, -0.2) is 0 Å². The molecule has 1 fully saturated rings. The maximum atomic E-state index is 4.43. The van der Waals surface area contributed by atoms with E-state index in [0.717, 1.165) is 6.54 Å². The SMILES string of the molecule is C1C[N+]=C2CCCN2C1. The maximum absolute atomic E-state index is 4.43. The Kier molecular flexibility index (Phi) is 1.18. The molecule has 0 saturated carbocycles. The molecule has 0 spiro atoms. The van der Waals surface area contributed by atoms with E-state index in [0.29, 0.717) is 0 Å². The van der Waals surface area contributed by atoms with E-state index < -0.39 is 0 Å². The Bertz CT molecular complexity index is 140. The van der Waals surface area contributed by atoms with Crippen LogP contribution < -0.4 is 4.99 Å². The maximum Gasteiger partial charge on any atom is 0.287 e. The normalized spacial score (nSPS) is 25.8. The van der Waals surface area contributed by atoms with Gasteiger partial charge in [-0.2, -0.15) is 0 Å². The van der Waals surface area contributed by atoms with Gasteiger partial charge in [0.2, 0.25) is 0 Å². The van der Waals surface area contributed by atoms with Crippen molar-refractivity contribution >= 4 is 5.84 Å². The molecule has 0 aromatic rings. The van der Waals surface area contributed by atoms with E-state index in [1.165, 1.54) is 38.2 Å². The summed E-state index contributed by atoms with van der Waals surface area (Å²) in [6, 6.07) is 0. The first-order valence-corrected chi connectivity index (χ1v) is 3.75. The molecular formula is C7H12N2+. The highest BCUT2D eigenvalue weighted by Gasteiger charge is 2.29. The van der Waals surface area contributed by atoms with Gasteiger partial charge in [0.15, 0.2) is 0 Å². The summed E-state index contributed by atoms with van der Waals surface area (Å²) in [6.07, 6.45) is 3.84. The van der Waals surface area contributed by atoms with Gasteiger partial charge in [0.25, 0.3) is 5.84 Å². The number of hydrogen-bond acceptors (Lipinski definition) is 2. The summed E-state index contributed by atoms with van der Waals surface area (Å²) in [6.45, 7) is 3.60. The van der Waals surface area contributed by atoms with E-state index in [1.807, 2.05) is 0 Å². The van der Waals surface area contributed by atoms with E-state index in [2.05, 4.69) is 9.89 Å². The van der Waals surface area contributed by atoms with Crippen molar-refractivity contribution in [3.05, 3.63) is 0 Å². The summed E-state index contributed by atoms with van der Waals surface area (Å²) in [7, 11) is 0. The zero-order chi connectivity index (χ0) is 6.10. The second-order valence-corrected chi connectivity index (χ2v) is 2.74. The minimum atomic E-state index is 1.08. The van der Waals surface area contributed by atoms with Crippen molar-refractivity contribution in [1.29, 1.82) is 0 Å². The van der Waals surface area contributed by atoms with Crippen LogP contribution in [0.15, 0.2) is 0 Å². The highest BCUT2D eigenvalue weighted by Crippen LogP contribution is 2.11. The van der Waals surface area contributed by atoms with Crippen molar-refractivity contribution in [3.8, 4) is 0 Å². The van der Waals surface area contributed by atoms with Crippen LogP contribution in [0.2, 0.25) is 0 Å². The standard InChI is InChI=1S/C7H12N2/c1-3-7-8-4-2-6-9(7)5-1/h1-6H2/q+1. The third-order valence-corrected chi connectivity index (χ3v) is 2.07. The van der Waals surface area contributed by atoms with E-state index in [-0.39, 0.29) is 0 Å². The smallest absolute Gasteiger partial charge is 0.262 e. The van der Waals surface area contributed by atoms with Gasteiger partial charge in [0, 0.05) is 6.42 Å². The first kappa shape index (κ1) is 5.27. The highest BCUT2D eigenvalue weighted by atomic mass is 15.2. The van der Waals surface area contributed by atoms with E-state index in [1.54, 1.807) is 0 Å². The molecule has 2 heterocycles. The molecule has 0 aliphatic carbocycles. The Morgan fingerprint density at radius 2 is 2.11 bits per heavy atom. The molecule has 2 nitrogen and oxygen atoms in total. The van der Waals surface area contributed by atoms with Gasteiger partial charge < -0.3 is 0 Å². The zero-order valence-electron chi connectivity index (χ0n) is 5.64. The van der Waals surface area contributed by atoms with E-state index in [9.17, 15) is 0 Å². The summed E-state index contributed by atoms with van der Waals surface area (Å²) < 4.78 is 0. The van der Waals surface area contributed by atoms with Crippen LogP contribution in [0, 0.1) is 0 Å². The molecular weight excluding hydrogens is 112 g/mol. The van der Waals surface area contributed by atoms with Crippen LogP contribution in [0.5, 0.6) is 0 Å². The number of aliphatic imine (C=N–C) groups is 1. The van der Waals surface area contributed by atoms with E-state index in [4.69, 9.17) is 0 Å². The average Bonchev–Trinajstić information content (AvgIpc) is 2.33. The molecule has 0 atom stereocenters. The van der Waals surface area contributed by atoms with Gasteiger partial charge in [0.05, 0.1) is 19.5 Å². The Hall–Kier alpha value is -0.530. The van der Waals surface area contributed by atoms with Crippen LogP contribution in [0.25, 0.3) is 0 Å². The summed E-state index contributed by atoms with van der Waals surface area (Å²) in [5.41, 5.74) is 0. The lowest BCUT2D eigenvalue weighted by Crippen LogP contribution is -2.34. The van der Waals surface area contributed by atoms with E-state index >= 15 is 0 Å². The molecule has 9 heavy (non-hydrogen) atoms. The lowest BCUT2D eigenvalue weighted by Gasteiger charge is -2.11. The monoisotopic (exact) mass is 124 g/mol. The molecule has 2 aliphatic heterocycles. The molecule has 0 unspecified atom stereocenters. The molecule has 0 aromatic carbocycles. The molecule has 0 amide bonds. The predicted octanol–water partition coefficient (Wildman–Crippen LogP) is 0.220. The van der Waals surface area contributed by atoms with Crippen molar-refractivity contribution in [1.82, 2.24) is 9.89 Å². The first-order valence-electron chi connectivity index (χ1n) is 3.75. The number of rotatable bonds is 0. The van der Waals surface area contributed by atoms with Crippen molar-refractivity contribution in [3.63, 3.8) is 0 Å². The van der Waals surface area contributed by atoms with Crippen LogP contribution >= 0.6 is 0 Å². The van der Waals surface area contributed by atoms with Crippen molar-refractivity contribution in [2.75, 3.05) is 19.6 Å². The fraction of sp³-hybridized carbons (Fsp3) is 0.857. The van der Waals surface area contributed by atoms with Crippen LogP contribution in [-0.2, 0) is 0 Å². The number of amidine groups is 1. The van der Waals surface area contributed by atoms with Crippen LogP contribution in [0.1, 0.15) is 19.3 Å². The molecule has 2 heteroatoms. The van der Waals surface area contributed by atoms with Crippen molar-refractivity contribution < 1.29 is 0 Å². The summed E-state index contributed by atoms with van der Waals surface area (Å²) in [5, 5.41) is 0. The fourth-order valence-electron chi connectivity index (χ4n) is 1.60. The van der Waals surface area contributed by atoms with Gasteiger partial charge in [0.1, 0.15) is 6.54 Å². The highest BCUT2D eigenvalue weighted by molar-refractivity contribution is 5.83. The predicted molar refractivity (Wildman–Crippen MR) is 37.4 cm³/mol. The Labute approximate surface area is 55.6 Å². The van der Waals surface area contributed by atoms with Gasteiger partial charge in [-0.15, -0.1) is 0 Å². The Morgan fingerprint density at radius 1 is 1.22 bits per heavy atom. The molecule has 1 radical (unpaired) electrons. The molecule has 0 aromatic heterocycles. The summed E-state index contributed by atoms with van der Waals surface area (Å²) >= 11 is 0. The fourth-order valence-corrected chi connectivity index (χ4v) is 1.60. The molecule has 49 valence electrons. The topological polar surface area (TPSA) is 17.3 Å². The minimum absolute atomic E-state index is 1.08. The largest absolute Gasteiger partial charge is 0.287 e. The van der Waals surface area contributed by atoms with Gasteiger partial charge in [-0.3, -0.25) is 4.90 Å². The summed E-state index contributed by atoms with van der Waals surface area (Å²) in [4.78, 5) is 6.85. The van der Waals surface area contributed by atoms with Gasteiger partial charge in [-0.05, 0) is 6.42 Å². The molecule has 1 saturated heterocycles. The number of fused-ring (bicyclic) bond motifs is 1. The van der Waals surface area contributed by atoms with Crippen LogP contribution in [0.3, 0.4) is 0 Å². The Morgan fingerprint density at radius 3 is 3.00 bits per heavy atom. The lowest BCUT2D eigenvalue weighted by atomic mass is 10.3. The van der Waals surface area contributed by atoms with Gasteiger partial charge in [-0.1, -0.05) is 4.99 Å². The minimum Gasteiger partial charge on any atom is -0.262 e. The lowest BCUT2D eigenvalue weighted by molar-refractivity contribution is 0.418. The molecule has 2 aliphatic rings. The number of nitrogens with zero attached hydrogens (tertiary/aromatic N) is 2. The zero-order valence-corrected chi connectivity index (χ0v) is 5.64. The van der Waals surface area contributed by atoms with Gasteiger partial charge >= 0.3 is 0 Å². The third-order valence-electron chi connectivity index (χ3n) is 2.07. The van der Waals surface area contributed by atoms with Crippen LogP contribution in [0.4, 0.5) is 0 Å². The average molecular weight is 124 g/mol. The summed E-state index contributed by atoms with van der Waals surface area (Å²) in [5.74, 6) is 1.38. The van der Waals surface area contributed by atoms with Crippen molar-refractivity contribution in [2.24, 2.45) is 0 Å².